The quantitative estimate of drug-likeness (QED) is 0.328. The van der Waals surface area contributed by atoms with Crippen LogP contribution in [-0.2, 0) is 20.8 Å². The van der Waals surface area contributed by atoms with Gasteiger partial charge in [-0.1, -0.05) is 50.3 Å². The number of piperidine rings is 1. The van der Waals surface area contributed by atoms with Gasteiger partial charge in [0.05, 0.1) is 17.4 Å². The summed E-state index contributed by atoms with van der Waals surface area (Å²) in [7, 11) is 0. The number of carbonyl (C=O) groups excluding carboxylic acids is 1. The van der Waals surface area contributed by atoms with Crippen LogP contribution >= 0.6 is 0 Å². The zero-order chi connectivity index (χ0) is 29.1. The first-order valence-electron chi connectivity index (χ1n) is 14.9. The van der Waals surface area contributed by atoms with E-state index in [1.54, 1.807) is 0 Å². The van der Waals surface area contributed by atoms with Gasteiger partial charge in [0.1, 0.15) is 0 Å². The number of benzene rings is 1. The molecule has 0 amide bonds. The molecule has 1 aromatic heterocycles. The van der Waals surface area contributed by atoms with Crippen molar-refractivity contribution >= 4 is 17.2 Å². The third-order valence-electron chi connectivity index (χ3n) is 7.91. The summed E-state index contributed by atoms with van der Waals surface area (Å²) in [5, 5.41) is 0. The van der Waals surface area contributed by atoms with Gasteiger partial charge in [-0.2, -0.15) is 0 Å². The molecule has 2 aliphatic rings. The third kappa shape index (κ3) is 7.73. The zero-order valence-corrected chi connectivity index (χ0v) is 25.9. The molecule has 0 radical (unpaired) electrons. The molecule has 3 heterocycles. The van der Waals surface area contributed by atoms with Gasteiger partial charge >= 0.3 is 5.97 Å². The summed E-state index contributed by atoms with van der Waals surface area (Å²) in [6.07, 6.45) is 6.42. The van der Waals surface area contributed by atoms with E-state index in [1.807, 2.05) is 47.7 Å². The summed E-state index contributed by atoms with van der Waals surface area (Å²) in [6, 6.07) is 10.7. The van der Waals surface area contributed by atoms with Crippen molar-refractivity contribution < 1.29 is 14.3 Å². The first kappa shape index (κ1) is 30.3. The normalized spacial score (nSPS) is 18.9. The largest absolute Gasteiger partial charge is 0.461 e. The first-order valence-corrected chi connectivity index (χ1v) is 14.9. The number of ether oxygens (including phenoxy) is 2. The maximum Gasteiger partial charge on any atom is 0.340 e. The van der Waals surface area contributed by atoms with Gasteiger partial charge in [-0.05, 0) is 77.4 Å². The van der Waals surface area contributed by atoms with Crippen molar-refractivity contribution in [3.05, 3.63) is 65.0 Å². The summed E-state index contributed by atoms with van der Waals surface area (Å²) in [5.74, 6) is -0.350. The van der Waals surface area contributed by atoms with Crippen LogP contribution in [-0.4, -0.2) is 53.7 Å². The number of rotatable bonds is 8. The number of anilines is 1. The van der Waals surface area contributed by atoms with Gasteiger partial charge in [0.25, 0.3) is 0 Å². The molecule has 0 N–H and O–H groups in total. The summed E-state index contributed by atoms with van der Waals surface area (Å²) in [4.78, 5) is 23.4. The van der Waals surface area contributed by atoms with Crippen LogP contribution in [0.2, 0.25) is 0 Å². The van der Waals surface area contributed by atoms with Crippen molar-refractivity contribution in [1.29, 1.82) is 0 Å². The number of pyridine rings is 1. The van der Waals surface area contributed by atoms with E-state index in [2.05, 4.69) is 60.1 Å². The van der Waals surface area contributed by atoms with Crippen molar-refractivity contribution in [3.63, 3.8) is 0 Å². The number of hydrogen-bond acceptors (Lipinski definition) is 6. The molecule has 0 bridgehead atoms. The molecule has 2 aromatic rings. The van der Waals surface area contributed by atoms with Crippen molar-refractivity contribution in [3.8, 4) is 0 Å². The molecule has 1 fully saturated rings. The monoisotopic (exact) mass is 547 g/mol. The Balaban J connectivity index is 1.76. The summed E-state index contributed by atoms with van der Waals surface area (Å²) in [6.45, 7) is 21.1. The molecule has 6 heteroatoms. The van der Waals surface area contributed by atoms with Crippen LogP contribution in [0.1, 0.15) is 96.2 Å². The van der Waals surface area contributed by atoms with Gasteiger partial charge in [0.2, 0.25) is 0 Å². The highest BCUT2D eigenvalue weighted by Gasteiger charge is 2.37. The lowest BCUT2D eigenvalue weighted by Crippen LogP contribution is -2.40. The molecule has 2 aliphatic heterocycles. The second kappa shape index (κ2) is 12.4. The fourth-order valence-corrected chi connectivity index (χ4v) is 5.65. The highest BCUT2D eigenvalue weighted by Crippen LogP contribution is 2.43. The minimum atomic E-state index is -0.849. The second-order valence-electron chi connectivity index (χ2n) is 13.5. The van der Waals surface area contributed by atoms with Crippen LogP contribution in [0.25, 0.3) is 5.57 Å². The fraction of sp³-hybridized carbons (Fsp3) is 0.588. The SMILES string of the molecule is Cc1ncc(C2=CCN(Cc3ccccc3)CC2)c(N2CCC(C)(C)CC2)c1[C@H](OC(C)(C)C)C(=O)OC(C)C. The lowest BCUT2D eigenvalue weighted by atomic mass is 9.82. The number of hydrogen-bond donors (Lipinski definition) is 0. The van der Waals surface area contributed by atoms with E-state index in [9.17, 15) is 4.79 Å². The molecule has 6 nitrogen and oxygen atoms in total. The molecule has 1 atom stereocenters. The Labute approximate surface area is 241 Å². The fourth-order valence-electron chi connectivity index (χ4n) is 5.65. The third-order valence-corrected chi connectivity index (χ3v) is 7.91. The van der Waals surface area contributed by atoms with Crippen LogP contribution < -0.4 is 4.90 Å². The standard InChI is InChI=1S/C34H49N3O3/c1-24(2)39-32(38)31(40-33(4,5)6)29-25(3)35-22-28(30(29)37-20-16-34(7,8)17-21-37)27-14-18-36(19-15-27)23-26-12-10-9-11-13-26/h9-14,22,24,31H,15-21,23H2,1-8H3/t31-/m0/s1. The van der Waals surface area contributed by atoms with E-state index in [-0.39, 0.29) is 12.1 Å². The number of carbonyl (C=O) groups is 1. The van der Waals surface area contributed by atoms with E-state index in [4.69, 9.17) is 14.5 Å². The topological polar surface area (TPSA) is 54.9 Å². The molecule has 0 spiro atoms. The van der Waals surface area contributed by atoms with E-state index < -0.39 is 11.7 Å². The zero-order valence-electron chi connectivity index (χ0n) is 25.9. The van der Waals surface area contributed by atoms with Crippen LogP contribution in [0.15, 0.2) is 42.6 Å². The maximum atomic E-state index is 13.6. The molecule has 0 saturated carbocycles. The van der Waals surface area contributed by atoms with Crippen LogP contribution in [0.5, 0.6) is 0 Å². The Morgan fingerprint density at radius 3 is 2.33 bits per heavy atom. The predicted octanol–water partition coefficient (Wildman–Crippen LogP) is 7.11. The van der Waals surface area contributed by atoms with Crippen LogP contribution in [0.3, 0.4) is 0 Å². The van der Waals surface area contributed by atoms with Crippen molar-refractivity contribution in [2.24, 2.45) is 5.41 Å². The molecule has 0 aliphatic carbocycles. The van der Waals surface area contributed by atoms with Crippen molar-refractivity contribution in [2.75, 3.05) is 31.1 Å². The predicted molar refractivity (Wildman–Crippen MR) is 163 cm³/mol. The molecule has 1 saturated heterocycles. The highest BCUT2D eigenvalue weighted by atomic mass is 16.6. The van der Waals surface area contributed by atoms with Crippen LogP contribution in [0, 0.1) is 12.3 Å². The van der Waals surface area contributed by atoms with Crippen molar-refractivity contribution in [1.82, 2.24) is 9.88 Å². The van der Waals surface area contributed by atoms with Crippen LogP contribution in [0.4, 0.5) is 5.69 Å². The average Bonchev–Trinajstić information content (AvgIpc) is 2.88. The van der Waals surface area contributed by atoms with E-state index in [0.29, 0.717) is 5.41 Å². The second-order valence-corrected chi connectivity index (χ2v) is 13.5. The summed E-state index contributed by atoms with van der Waals surface area (Å²) < 4.78 is 12.3. The highest BCUT2D eigenvalue weighted by molar-refractivity contribution is 5.85. The Kier molecular flexibility index (Phi) is 9.41. The molecule has 4 rings (SSSR count). The Hall–Kier alpha value is -2.70. The summed E-state index contributed by atoms with van der Waals surface area (Å²) >= 11 is 0. The van der Waals surface area contributed by atoms with E-state index >= 15 is 0 Å². The number of aromatic nitrogens is 1. The number of nitrogens with zero attached hydrogens (tertiary/aromatic N) is 3. The molecule has 0 unspecified atom stereocenters. The maximum absolute atomic E-state index is 13.6. The number of esters is 1. The molecule has 1 aromatic carbocycles. The molecule has 218 valence electrons. The van der Waals surface area contributed by atoms with Crippen molar-refractivity contribution in [2.45, 2.75) is 99.0 Å². The van der Waals surface area contributed by atoms with E-state index in [1.165, 1.54) is 11.1 Å². The molecule has 40 heavy (non-hydrogen) atoms. The summed E-state index contributed by atoms with van der Waals surface area (Å²) in [5.41, 5.74) is 6.29. The first-order chi connectivity index (χ1) is 18.8. The number of aryl methyl sites for hydroxylation is 1. The lowest BCUT2D eigenvalue weighted by molar-refractivity contribution is -0.171. The van der Waals surface area contributed by atoms with Gasteiger partial charge < -0.3 is 14.4 Å². The van der Waals surface area contributed by atoms with E-state index in [0.717, 1.165) is 74.5 Å². The molecular weight excluding hydrogens is 498 g/mol. The van der Waals surface area contributed by atoms with Gasteiger partial charge in [-0.25, -0.2) is 4.79 Å². The van der Waals surface area contributed by atoms with Gasteiger partial charge in [0, 0.05) is 55.7 Å². The van der Waals surface area contributed by atoms with Gasteiger partial charge in [0.15, 0.2) is 6.10 Å². The Bertz CT molecular complexity index is 1190. The smallest absolute Gasteiger partial charge is 0.340 e. The minimum Gasteiger partial charge on any atom is -0.461 e. The molecular formula is C34H49N3O3. The lowest BCUT2D eigenvalue weighted by Gasteiger charge is -2.41. The van der Waals surface area contributed by atoms with Gasteiger partial charge in [-0.15, -0.1) is 0 Å². The minimum absolute atomic E-state index is 0.231. The van der Waals surface area contributed by atoms with Gasteiger partial charge in [-0.3, -0.25) is 9.88 Å². The average molecular weight is 548 g/mol. The Morgan fingerprint density at radius 1 is 1.07 bits per heavy atom. The Morgan fingerprint density at radius 2 is 1.75 bits per heavy atom.